The maximum Gasteiger partial charge on any atom is 0 e. The van der Waals surface area contributed by atoms with Gasteiger partial charge in [-0.15, -0.1) is 0 Å². The van der Waals surface area contributed by atoms with Crippen LogP contribution in [0.5, 0.6) is 0 Å². The fourth-order valence-corrected chi connectivity index (χ4v) is 9.53. The van der Waals surface area contributed by atoms with Crippen LogP contribution in [0.1, 0.15) is 99.3 Å². The Labute approximate surface area is 267 Å². The zero-order valence-electron chi connectivity index (χ0n) is 23.1. The molecule has 0 saturated heterocycles. The third kappa shape index (κ3) is 4.84. The summed E-state index contributed by atoms with van der Waals surface area (Å²) in [7, 11) is 0. The molecule has 196 valence electrons. The summed E-state index contributed by atoms with van der Waals surface area (Å²) in [6.07, 6.45) is 17.3. The molecule has 2 radical (unpaired) electrons. The van der Waals surface area contributed by atoms with E-state index in [1.54, 1.807) is 5.57 Å². The third-order valence-corrected chi connectivity index (χ3v) is 11.9. The Hall–Kier alpha value is 1.75. The van der Waals surface area contributed by atoms with Gasteiger partial charge in [-0.25, -0.2) is 0 Å². The maximum absolute atomic E-state index is 12.4. The van der Waals surface area contributed by atoms with Gasteiger partial charge in [0.05, 0.1) is 0 Å². The van der Waals surface area contributed by atoms with E-state index in [0.29, 0.717) is 23.2 Å². The van der Waals surface area contributed by atoms with Crippen molar-refractivity contribution in [1.29, 1.82) is 0 Å². The topological polar surface area (TPSA) is 37.3 Å². The van der Waals surface area contributed by atoms with E-state index < -0.39 is 0 Å². The molecule has 0 spiro atoms. The van der Waals surface area contributed by atoms with E-state index in [1.807, 2.05) is 0 Å². The normalized spacial score (nSPS) is 47.8. The van der Waals surface area contributed by atoms with E-state index in [2.05, 4.69) is 60.3 Å². The third-order valence-electron chi connectivity index (χ3n) is 11.9. The van der Waals surface area contributed by atoms with Gasteiger partial charge >= 0.3 is 0 Å². The van der Waals surface area contributed by atoms with E-state index >= 15 is 0 Å². The first-order valence-corrected chi connectivity index (χ1v) is 12.9. The minimum atomic E-state index is -0.357. The van der Waals surface area contributed by atoms with Crippen LogP contribution in [0.15, 0.2) is 11.6 Å². The van der Waals surface area contributed by atoms with Crippen molar-refractivity contribution in [2.45, 2.75) is 105 Å². The molecule has 2 nitrogen and oxygen atoms in total. The smallest absolute Gasteiger partial charge is 0 e. The quantitative estimate of drug-likeness (QED) is 0.229. The number of hydrogen-bond acceptors (Lipinski definition) is 2. The van der Waals surface area contributed by atoms with Gasteiger partial charge in [0.25, 0.3) is 0 Å². The Morgan fingerprint density at radius 1 is 1.09 bits per heavy atom. The minimum absolute atomic E-state index is 0. The van der Waals surface area contributed by atoms with Crippen molar-refractivity contribution in [3.63, 3.8) is 0 Å². The monoisotopic (exact) mass is 762 g/mol. The molecule has 5 aliphatic rings. The molecular formula is C30H46O2VWY-4. The number of fused-ring (bicyclic) bond motifs is 7. The molecule has 5 heteroatoms. The molecule has 5 rings (SSSR count). The van der Waals surface area contributed by atoms with E-state index in [9.17, 15) is 9.90 Å². The van der Waals surface area contributed by atoms with Crippen LogP contribution in [0.25, 0.3) is 0 Å². The Balaban J connectivity index is 0.00000153. The SMILES string of the molecule is C[C-]1[C@@H](O)CCC2(C)C3CC=C4C5CC(C)(C)CC[C@]5([C-]=O)[CH-]C[C@@]4(C)C3(C)CC[C@@H]12.[CH3-].[V].[W].[Y]. The van der Waals surface area contributed by atoms with E-state index in [0.717, 1.165) is 44.9 Å². The molecule has 4 fully saturated rings. The Kier molecular flexibility index (Phi) is 11.2. The fourth-order valence-electron chi connectivity index (χ4n) is 9.53. The number of aliphatic hydroxyl groups excluding tert-OH is 1. The first-order valence-electron chi connectivity index (χ1n) is 12.9. The summed E-state index contributed by atoms with van der Waals surface area (Å²) < 4.78 is 0. The first kappa shape index (κ1) is 34.8. The number of rotatable bonds is 1. The van der Waals surface area contributed by atoms with Crippen molar-refractivity contribution in [3.05, 3.63) is 31.4 Å². The van der Waals surface area contributed by atoms with E-state index in [-0.39, 0.29) is 108 Å². The average molecular weight is 762 g/mol. The van der Waals surface area contributed by atoms with Crippen molar-refractivity contribution in [2.24, 2.45) is 44.8 Å². The Bertz CT molecular complexity index is 816. The fraction of sp³-hybridized carbons (Fsp3) is 0.800. The van der Waals surface area contributed by atoms with Gasteiger partial charge in [0.2, 0.25) is 0 Å². The van der Waals surface area contributed by atoms with Crippen LogP contribution in [-0.2, 0) is 77.1 Å². The van der Waals surface area contributed by atoms with Gasteiger partial charge in [0.15, 0.2) is 0 Å². The van der Waals surface area contributed by atoms with Gasteiger partial charge < -0.3 is 23.7 Å². The van der Waals surface area contributed by atoms with Crippen LogP contribution in [-0.4, -0.2) is 17.5 Å². The summed E-state index contributed by atoms with van der Waals surface area (Å²) in [5.74, 6) is 2.87. The predicted molar refractivity (Wildman–Crippen MR) is 132 cm³/mol. The summed E-state index contributed by atoms with van der Waals surface area (Å²) in [6.45, 7) is 14.7. The predicted octanol–water partition coefficient (Wildman–Crippen LogP) is 7.08. The summed E-state index contributed by atoms with van der Waals surface area (Å²) in [5.41, 5.74) is 2.20. The van der Waals surface area contributed by atoms with Crippen molar-refractivity contribution in [1.82, 2.24) is 0 Å². The average Bonchev–Trinajstić information content (AvgIpc) is 2.71. The molecule has 0 aromatic heterocycles. The second kappa shape index (κ2) is 11.3. The molecule has 4 saturated carbocycles. The Morgan fingerprint density at radius 3 is 2.37 bits per heavy atom. The number of aliphatic hydroxyl groups is 1. The van der Waals surface area contributed by atoms with Crippen molar-refractivity contribution in [3.8, 4) is 0 Å². The van der Waals surface area contributed by atoms with Gasteiger partial charge in [-0.05, 0) is 47.8 Å². The molecule has 4 unspecified atom stereocenters. The number of carbonyl (C=O) groups excluding carboxylic acids is 1. The van der Waals surface area contributed by atoms with Crippen molar-refractivity contribution in [2.75, 3.05) is 0 Å². The minimum Gasteiger partial charge on any atom is -0.544 e. The van der Waals surface area contributed by atoms with Crippen LogP contribution < -0.4 is 0 Å². The summed E-state index contributed by atoms with van der Waals surface area (Å²) >= 11 is 0. The molecule has 0 aliphatic heterocycles. The van der Waals surface area contributed by atoms with E-state index in [1.165, 1.54) is 18.8 Å². The zero-order chi connectivity index (χ0) is 22.4. The van der Waals surface area contributed by atoms with Crippen LogP contribution in [0.2, 0.25) is 0 Å². The molecule has 0 aromatic rings. The van der Waals surface area contributed by atoms with Crippen LogP contribution in [0.3, 0.4) is 0 Å². The summed E-state index contributed by atoms with van der Waals surface area (Å²) in [5, 5.41) is 10.6. The molecule has 8 atom stereocenters. The maximum atomic E-state index is 12.4. The van der Waals surface area contributed by atoms with Gasteiger partial charge in [0, 0.05) is 72.3 Å². The second-order valence-corrected chi connectivity index (χ2v) is 13.6. The molecule has 0 bridgehead atoms. The molecule has 0 heterocycles. The summed E-state index contributed by atoms with van der Waals surface area (Å²) in [6, 6.07) is 0. The van der Waals surface area contributed by atoms with Crippen LogP contribution >= 0.6 is 0 Å². The van der Waals surface area contributed by atoms with E-state index in [4.69, 9.17) is 0 Å². The zero-order valence-corrected chi connectivity index (χ0v) is 30.3. The number of hydrogen-bond donors (Lipinski definition) is 1. The van der Waals surface area contributed by atoms with Gasteiger partial charge in [-0.2, -0.15) is 19.3 Å². The molecule has 1 N–H and O–H groups in total. The Morgan fingerprint density at radius 2 is 1.74 bits per heavy atom. The summed E-state index contributed by atoms with van der Waals surface area (Å²) in [4.78, 5) is 12.4. The van der Waals surface area contributed by atoms with Gasteiger partial charge in [0.1, 0.15) is 0 Å². The standard InChI is InChI=1S/C29H43O2.CH3.V.W.Y/c1-19-20-9-12-28(6)24(26(20,4)11-10-23(19)31)8-7-21-22-17-25(2,3)13-15-29(22,18-30)16-14-27(21,28)5;;;;/h7,16,20,22-24,31H,8-15,17H2,1-6H3;1H3;;;/q-3;-1;;;/t20-,22?,23-,24?,26?,27+,28?,29+;;;;/m0..../s1. The second-order valence-electron chi connectivity index (χ2n) is 13.6. The largest absolute Gasteiger partial charge is 0.544 e. The van der Waals surface area contributed by atoms with Crippen molar-refractivity contribution < 1.29 is 82.2 Å². The number of allylic oxidation sites excluding steroid dienone is 2. The van der Waals surface area contributed by atoms with Crippen molar-refractivity contribution >= 4 is 6.29 Å². The van der Waals surface area contributed by atoms with Gasteiger partial charge in [-0.1, -0.05) is 89.4 Å². The molecule has 0 amide bonds. The molecule has 5 aliphatic carbocycles. The molecular weight excluding hydrogens is 716 g/mol. The van der Waals surface area contributed by atoms with Gasteiger partial charge in [-0.3, -0.25) is 17.6 Å². The van der Waals surface area contributed by atoms with Crippen LogP contribution in [0, 0.1) is 64.6 Å². The molecule has 35 heavy (non-hydrogen) atoms. The first-order chi connectivity index (χ1) is 14.4. The molecule has 0 aromatic carbocycles. The van der Waals surface area contributed by atoms with Crippen LogP contribution in [0.4, 0.5) is 0 Å².